The van der Waals surface area contributed by atoms with Crippen LogP contribution in [0.2, 0.25) is 0 Å². The minimum atomic E-state index is -0.128. The standard InChI is InChI=1S/C13H25N3O2/c1-3-4-9-18-13(17)16-8-7-15-6-5-14(2)10-12(15)11-16/h12H,3-11H2,1-2H3/t12-/m0/s1. The van der Waals surface area contributed by atoms with E-state index >= 15 is 0 Å². The molecule has 1 amide bonds. The van der Waals surface area contributed by atoms with Gasteiger partial charge >= 0.3 is 6.09 Å². The topological polar surface area (TPSA) is 36.0 Å². The molecule has 0 aromatic rings. The number of carbonyl (C=O) groups excluding carboxylic acids is 1. The summed E-state index contributed by atoms with van der Waals surface area (Å²) in [6.07, 6.45) is 1.89. The van der Waals surface area contributed by atoms with Gasteiger partial charge in [-0.1, -0.05) is 13.3 Å². The number of piperazine rings is 2. The van der Waals surface area contributed by atoms with Crippen LogP contribution in [0, 0.1) is 0 Å². The van der Waals surface area contributed by atoms with Crippen LogP contribution in [-0.2, 0) is 4.74 Å². The second-order valence-electron chi connectivity index (χ2n) is 5.37. The molecule has 104 valence electrons. The van der Waals surface area contributed by atoms with E-state index < -0.39 is 0 Å². The van der Waals surface area contributed by atoms with Crippen molar-refractivity contribution in [3.8, 4) is 0 Å². The Morgan fingerprint density at radius 3 is 2.78 bits per heavy atom. The van der Waals surface area contributed by atoms with Crippen LogP contribution in [0.5, 0.6) is 0 Å². The van der Waals surface area contributed by atoms with E-state index in [9.17, 15) is 4.79 Å². The maximum atomic E-state index is 11.9. The summed E-state index contributed by atoms with van der Waals surface area (Å²) in [6.45, 7) is 8.59. The summed E-state index contributed by atoms with van der Waals surface area (Å²) >= 11 is 0. The van der Waals surface area contributed by atoms with Crippen molar-refractivity contribution >= 4 is 6.09 Å². The first-order chi connectivity index (χ1) is 8.70. The number of likely N-dealkylation sites (N-methyl/N-ethyl adjacent to an activating group) is 1. The van der Waals surface area contributed by atoms with E-state index in [0.29, 0.717) is 12.6 Å². The molecule has 2 saturated heterocycles. The average Bonchev–Trinajstić information content (AvgIpc) is 2.38. The molecule has 0 aromatic carbocycles. The molecule has 0 saturated carbocycles. The molecule has 0 bridgehead atoms. The molecule has 5 nitrogen and oxygen atoms in total. The zero-order valence-electron chi connectivity index (χ0n) is 11.6. The Morgan fingerprint density at radius 1 is 1.22 bits per heavy atom. The van der Waals surface area contributed by atoms with Gasteiger partial charge in [0.15, 0.2) is 0 Å². The van der Waals surface area contributed by atoms with Crippen molar-refractivity contribution in [1.29, 1.82) is 0 Å². The van der Waals surface area contributed by atoms with Crippen molar-refractivity contribution in [3.63, 3.8) is 0 Å². The van der Waals surface area contributed by atoms with Gasteiger partial charge in [-0.3, -0.25) is 4.90 Å². The number of fused-ring (bicyclic) bond motifs is 1. The highest BCUT2D eigenvalue weighted by atomic mass is 16.6. The second kappa shape index (κ2) is 6.38. The molecular formula is C13H25N3O2. The van der Waals surface area contributed by atoms with Gasteiger partial charge in [-0.05, 0) is 13.5 Å². The van der Waals surface area contributed by atoms with Crippen LogP contribution in [0.15, 0.2) is 0 Å². The van der Waals surface area contributed by atoms with Crippen LogP contribution in [0.1, 0.15) is 19.8 Å². The van der Waals surface area contributed by atoms with E-state index in [0.717, 1.165) is 52.1 Å². The smallest absolute Gasteiger partial charge is 0.409 e. The summed E-state index contributed by atoms with van der Waals surface area (Å²) in [4.78, 5) is 18.6. The van der Waals surface area contributed by atoms with Crippen LogP contribution < -0.4 is 0 Å². The van der Waals surface area contributed by atoms with Gasteiger partial charge in [-0.25, -0.2) is 4.79 Å². The zero-order valence-corrected chi connectivity index (χ0v) is 11.6. The van der Waals surface area contributed by atoms with Crippen LogP contribution in [0.25, 0.3) is 0 Å². The number of nitrogens with zero attached hydrogens (tertiary/aromatic N) is 3. The van der Waals surface area contributed by atoms with Crippen molar-refractivity contribution < 1.29 is 9.53 Å². The van der Waals surface area contributed by atoms with E-state index in [1.807, 2.05) is 4.90 Å². The normalized spacial score (nSPS) is 25.9. The first-order valence-corrected chi connectivity index (χ1v) is 7.05. The van der Waals surface area contributed by atoms with Gasteiger partial charge in [-0.2, -0.15) is 0 Å². The molecule has 0 unspecified atom stereocenters. The lowest BCUT2D eigenvalue weighted by atomic mass is 10.1. The quantitative estimate of drug-likeness (QED) is 0.701. The van der Waals surface area contributed by atoms with E-state index in [-0.39, 0.29) is 6.09 Å². The monoisotopic (exact) mass is 255 g/mol. The third-order valence-corrected chi connectivity index (χ3v) is 3.88. The number of hydrogen-bond donors (Lipinski definition) is 0. The highest BCUT2D eigenvalue weighted by molar-refractivity contribution is 5.67. The maximum absolute atomic E-state index is 11.9. The molecule has 0 radical (unpaired) electrons. The zero-order chi connectivity index (χ0) is 13.0. The molecule has 5 heteroatoms. The molecule has 2 fully saturated rings. The summed E-state index contributed by atoms with van der Waals surface area (Å²) < 4.78 is 5.28. The third-order valence-electron chi connectivity index (χ3n) is 3.88. The Hall–Kier alpha value is -0.810. The Kier molecular flexibility index (Phi) is 4.83. The van der Waals surface area contributed by atoms with Crippen molar-refractivity contribution in [2.75, 3.05) is 52.9 Å². The van der Waals surface area contributed by atoms with Crippen LogP contribution >= 0.6 is 0 Å². The molecule has 2 aliphatic heterocycles. The maximum Gasteiger partial charge on any atom is 0.409 e. The van der Waals surface area contributed by atoms with Crippen molar-refractivity contribution in [2.45, 2.75) is 25.8 Å². The minimum Gasteiger partial charge on any atom is -0.449 e. The lowest BCUT2D eigenvalue weighted by molar-refractivity contribution is 0.0148. The predicted octanol–water partition coefficient (Wildman–Crippen LogP) is 0.855. The highest BCUT2D eigenvalue weighted by Crippen LogP contribution is 2.15. The Balaban J connectivity index is 1.79. The van der Waals surface area contributed by atoms with Gasteiger partial charge in [0.05, 0.1) is 6.61 Å². The number of unbranched alkanes of at least 4 members (excludes halogenated alkanes) is 1. The largest absolute Gasteiger partial charge is 0.449 e. The van der Waals surface area contributed by atoms with Gasteiger partial charge in [0, 0.05) is 45.3 Å². The number of hydrogen-bond acceptors (Lipinski definition) is 4. The van der Waals surface area contributed by atoms with Crippen LogP contribution in [-0.4, -0.2) is 79.8 Å². The predicted molar refractivity (Wildman–Crippen MR) is 70.7 cm³/mol. The molecule has 2 heterocycles. The van der Waals surface area contributed by atoms with E-state index in [1.165, 1.54) is 0 Å². The number of rotatable bonds is 3. The van der Waals surface area contributed by atoms with E-state index in [1.54, 1.807) is 0 Å². The summed E-state index contributed by atoms with van der Waals surface area (Å²) in [5, 5.41) is 0. The summed E-state index contributed by atoms with van der Waals surface area (Å²) in [7, 11) is 2.15. The van der Waals surface area contributed by atoms with Crippen molar-refractivity contribution in [2.24, 2.45) is 0 Å². The fraction of sp³-hybridized carbons (Fsp3) is 0.923. The molecular weight excluding hydrogens is 230 g/mol. The fourth-order valence-electron chi connectivity index (χ4n) is 2.67. The van der Waals surface area contributed by atoms with Gasteiger partial charge in [-0.15, -0.1) is 0 Å². The Bertz CT molecular complexity index is 285. The average molecular weight is 255 g/mol. The molecule has 18 heavy (non-hydrogen) atoms. The van der Waals surface area contributed by atoms with Gasteiger partial charge in [0.2, 0.25) is 0 Å². The Morgan fingerprint density at radius 2 is 2.00 bits per heavy atom. The molecule has 1 atom stereocenters. The number of amides is 1. The number of ether oxygens (including phenoxy) is 1. The van der Waals surface area contributed by atoms with E-state index in [4.69, 9.17) is 4.74 Å². The summed E-state index contributed by atoms with van der Waals surface area (Å²) in [6, 6.07) is 0.483. The molecule has 0 aliphatic carbocycles. The third kappa shape index (κ3) is 3.36. The summed E-state index contributed by atoms with van der Waals surface area (Å²) in [5.41, 5.74) is 0. The summed E-state index contributed by atoms with van der Waals surface area (Å²) in [5.74, 6) is 0. The minimum absolute atomic E-state index is 0.128. The van der Waals surface area contributed by atoms with Crippen molar-refractivity contribution in [1.82, 2.24) is 14.7 Å². The van der Waals surface area contributed by atoms with Gasteiger partial charge < -0.3 is 14.5 Å². The fourth-order valence-corrected chi connectivity index (χ4v) is 2.67. The second-order valence-corrected chi connectivity index (χ2v) is 5.37. The molecule has 0 aromatic heterocycles. The van der Waals surface area contributed by atoms with Crippen LogP contribution in [0.4, 0.5) is 4.79 Å². The van der Waals surface area contributed by atoms with Gasteiger partial charge in [0.25, 0.3) is 0 Å². The first-order valence-electron chi connectivity index (χ1n) is 7.05. The van der Waals surface area contributed by atoms with E-state index in [2.05, 4.69) is 23.8 Å². The molecule has 0 N–H and O–H groups in total. The molecule has 0 spiro atoms. The van der Waals surface area contributed by atoms with Crippen molar-refractivity contribution in [3.05, 3.63) is 0 Å². The molecule has 2 aliphatic rings. The first kappa shape index (κ1) is 13.6. The molecule has 2 rings (SSSR count). The lowest BCUT2D eigenvalue weighted by Crippen LogP contribution is -2.62. The lowest BCUT2D eigenvalue weighted by Gasteiger charge is -2.46. The van der Waals surface area contributed by atoms with Gasteiger partial charge in [0.1, 0.15) is 0 Å². The highest BCUT2D eigenvalue weighted by Gasteiger charge is 2.33. The number of carbonyl (C=O) groups is 1. The SMILES string of the molecule is CCCCOC(=O)N1CCN2CCN(C)C[C@H]2C1. The Labute approximate surface area is 110 Å². The van der Waals surface area contributed by atoms with Crippen LogP contribution in [0.3, 0.4) is 0 Å².